The van der Waals surface area contributed by atoms with E-state index in [4.69, 9.17) is 5.11 Å². The van der Waals surface area contributed by atoms with Crippen molar-refractivity contribution in [1.82, 2.24) is 10.6 Å². The van der Waals surface area contributed by atoms with Gasteiger partial charge in [0, 0.05) is 6.04 Å². The van der Waals surface area contributed by atoms with E-state index in [-0.39, 0.29) is 6.04 Å². The van der Waals surface area contributed by atoms with Crippen LogP contribution in [0.3, 0.4) is 0 Å². The largest absolute Gasteiger partial charge is 0.474 e. The Labute approximate surface area is 76.5 Å². The van der Waals surface area contributed by atoms with Crippen molar-refractivity contribution >= 4 is 11.9 Å². The molecule has 0 spiro atoms. The minimum absolute atomic E-state index is 0.0126. The molecular weight excluding hydrogens is 172 g/mol. The summed E-state index contributed by atoms with van der Waals surface area (Å²) in [4.78, 5) is 21.0. The van der Waals surface area contributed by atoms with Crippen molar-refractivity contribution in [2.24, 2.45) is 0 Å². The lowest BCUT2D eigenvalue weighted by Crippen LogP contribution is -2.39. The summed E-state index contributed by atoms with van der Waals surface area (Å²) in [5.74, 6) is -2.30. The van der Waals surface area contributed by atoms with Crippen molar-refractivity contribution in [2.45, 2.75) is 25.3 Å². The van der Waals surface area contributed by atoms with Crippen LogP contribution in [-0.4, -0.2) is 36.1 Å². The van der Waals surface area contributed by atoms with E-state index in [0.29, 0.717) is 0 Å². The van der Waals surface area contributed by atoms with Gasteiger partial charge in [-0.3, -0.25) is 4.79 Å². The molecule has 1 aliphatic heterocycles. The van der Waals surface area contributed by atoms with Gasteiger partial charge in [-0.2, -0.15) is 0 Å². The summed E-state index contributed by atoms with van der Waals surface area (Å²) in [5, 5.41) is 14.0. The van der Waals surface area contributed by atoms with E-state index in [0.717, 1.165) is 32.4 Å². The minimum atomic E-state index is -1.41. The summed E-state index contributed by atoms with van der Waals surface area (Å²) in [6, 6.07) is 0.0126. The maximum atomic E-state index is 10.8. The molecule has 1 fully saturated rings. The van der Waals surface area contributed by atoms with Crippen LogP contribution in [0, 0.1) is 0 Å². The van der Waals surface area contributed by atoms with Crippen molar-refractivity contribution in [2.75, 3.05) is 13.1 Å². The monoisotopic (exact) mass is 186 g/mol. The number of carbonyl (C=O) groups excluding carboxylic acids is 1. The molecule has 1 amide bonds. The van der Waals surface area contributed by atoms with Crippen LogP contribution in [0.1, 0.15) is 19.3 Å². The van der Waals surface area contributed by atoms with Crippen LogP contribution < -0.4 is 10.6 Å². The summed E-state index contributed by atoms with van der Waals surface area (Å²) in [6.07, 6.45) is 2.63. The highest BCUT2D eigenvalue weighted by Crippen LogP contribution is 2.04. The second-order valence-electron chi connectivity index (χ2n) is 3.16. The fourth-order valence-corrected chi connectivity index (χ4v) is 1.41. The van der Waals surface area contributed by atoms with Gasteiger partial charge in [-0.1, -0.05) is 0 Å². The maximum absolute atomic E-state index is 10.8. The van der Waals surface area contributed by atoms with Crippen LogP contribution in [0.4, 0.5) is 0 Å². The topological polar surface area (TPSA) is 78.4 Å². The highest BCUT2D eigenvalue weighted by atomic mass is 16.4. The van der Waals surface area contributed by atoms with Gasteiger partial charge >= 0.3 is 11.9 Å². The Morgan fingerprint density at radius 1 is 1.31 bits per heavy atom. The van der Waals surface area contributed by atoms with Crippen LogP contribution >= 0.6 is 0 Å². The SMILES string of the molecule is O=C(O)C(=O)NC1CCCNCC1. The van der Waals surface area contributed by atoms with Gasteiger partial charge in [0.15, 0.2) is 0 Å². The molecule has 0 saturated carbocycles. The average molecular weight is 186 g/mol. The van der Waals surface area contributed by atoms with E-state index in [9.17, 15) is 9.59 Å². The Hall–Kier alpha value is -1.10. The van der Waals surface area contributed by atoms with E-state index in [1.54, 1.807) is 0 Å². The highest BCUT2D eigenvalue weighted by Gasteiger charge is 2.18. The quantitative estimate of drug-likeness (QED) is 0.474. The van der Waals surface area contributed by atoms with Gasteiger partial charge in [-0.25, -0.2) is 4.79 Å². The molecule has 0 aromatic rings. The fourth-order valence-electron chi connectivity index (χ4n) is 1.41. The summed E-state index contributed by atoms with van der Waals surface area (Å²) in [5.41, 5.74) is 0. The zero-order valence-electron chi connectivity index (χ0n) is 7.38. The average Bonchev–Trinajstić information content (AvgIpc) is 2.32. The van der Waals surface area contributed by atoms with Crippen LogP contribution in [0.25, 0.3) is 0 Å². The van der Waals surface area contributed by atoms with E-state index >= 15 is 0 Å². The first-order valence-electron chi connectivity index (χ1n) is 4.44. The molecule has 1 saturated heterocycles. The first-order chi connectivity index (χ1) is 6.20. The molecule has 0 aliphatic carbocycles. The Balaban J connectivity index is 2.33. The van der Waals surface area contributed by atoms with Crippen molar-refractivity contribution in [3.63, 3.8) is 0 Å². The number of carboxylic acid groups (broad SMARTS) is 1. The zero-order chi connectivity index (χ0) is 9.68. The Bertz CT molecular complexity index is 198. The summed E-state index contributed by atoms with van der Waals surface area (Å²) >= 11 is 0. The van der Waals surface area contributed by atoms with Gasteiger partial charge in [0.2, 0.25) is 0 Å². The molecule has 0 radical (unpaired) electrons. The maximum Gasteiger partial charge on any atom is 0.394 e. The van der Waals surface area contributed by atoms with Gasteiger partial charge in [-0.05, 0) is 32.4 Å². The molecule has 3 N–H and O–H groups in total. The summed E-state index contributed by atoms with van der Waals surface area (Å²) in [7, 11) is 0. The first kappa shape index (κ1) is 9.98. The third-order valence-corrected chi connectivity index (χ3v) is 2.11. The molecule has 1 aliphatic rings. The number of carboxylic acids is 1. The smallest absolute Gasteiger partial charge is 0.394 e. The molecule has 1 atom stereocenters. The van der Waals surface area contributed by atoms with Gasteiger partial charge in [0.1, 0.15) is 0 Å². The normalized spacial score (nSPS) is 23.2. The molecule has 0 bridgehead atoms. The molecule has 1 heterocycles. The van der Waals surface area contributed by atoms with Crippen LogP contribution in [0.15, 0.2) is 0 Å². The summed E-state index contributed by atoms with van der Waals surface area (Å²) in [6.45, 7) is 1.78. The Kier molecular flexibility index (Phi) is 3.70. The summed E-state index contributed by atoms with van der Waals surface area (Å²) < 4.78 is 0. The number of carbonyl (C=O) groups is 2. The highest BCUT2D eigenvalue weighted by molar-refractivity contribution is 6.31. The van der Waals surface area contributed by atoms with E-state index in [1.807, 2.05) is 0 Å². The predicted molar refractivity (Wildman–Crippen MR) is 46.3 cm³/mol. The number of nitrogens with one attached hydrogen (secondary N) is 2. The lowest BCUT2D eigenvalue weighted by atomic mass is 10.1. The number of hydrogen-bond donors (Lipinski definition) is 3. The molecule has 0 aromatic heterocycles. The van der Waals surface area contributed by atoms with Gasteiger partial charge in [0.05, 0.1) is 0 Å². The molecule has 1 rings (SSSR count). The van der Waals surface area contributed by atoms with Crippen molar-refractivity contribution < 1.29 is 14.7 Å². The molecular formula is C8H14N2O3. The molecule has 0 aromatic carbocycles. The zero-order valence-corrected chi connectivity index (χ0v) is 7.38. The van der Waals surface area contributed by atoms with E-state index in [1.165, 1.54) is 0 Å². The second kappa shape index (κ2) is 4.81. The second-order valence-corrected chi connectivity index (χ2v) is 3.16. The van der Waals surface area contributed by atoms with Crippen LogP contribution in [-0.2, 0) is 9.59 Å². The minimum Gasteiger partial charge on any atom is -0.474 e. The third-order valence-electron chi connectivity index (χ3n) is 2.11. The lowest BCUT2D eigenvalue weighted by Gasteiger charge is -2.13. The Morgan fingerprint density at radius 2 is 2.08 bits per heavy atom. The van der Waals surface area contributed by atoms with Crippen LogP contribution in [0.2, 0.25) is 0 Å². The number of amides is 1. The van der Waals surface area contributed by atoms with Crippen molar-refractivity contribution in [1.29, 1.82) is 0 Å². The predicted octanol–water partition coefficient (Wildman–Crippen LogP) is -0.671. The van der Waals surface area contributed by atoms with Gasteiger partial charge in [0.25, 0.3) is 0 Å². The van der Waals surface area contributed by atoms with E-state index < -0.39 is 11.9 Å². The first-order valence-corrected chi connectivity index (χ1v) is 4.44. The number of rotatable bonds is 1. The van der Waals surface area contributed by atoms with Gasteiger partial charge in [-0.15, -0.1) is 0 Å². The van der Waals surface area contributed by atoms with Crippen molar-refractivity contribution in [3.05, 3.63) is 0 Å². The van der Waals surface area contributed by atoms with Crippen molar-refractivity contribution in [3.8, 4) is 0 Å². The fraction of sp³-hybridized carbons (Fsp3) is 0.750. The molecule has 5 nitrogen and oxygen atoms in total. The number of hydrogen-bond acceptors (Lipinski definition) is 3. The molecule has 74 valence electrons. The third kappa shape index (κ3) is 3.42. The standard InChI is InChI=1S/C8H14N2O3/c11-7(8(12)13)10-6-2-1-4-9-5-3-6/h6,9H,1-5H2,(H,10,11)(H,12,13). The van der Waals surface area contributed by atoms with E-state index in [2.05, 4.69) is 10.6 Å². The number of aliphatic carboxylic acids is 1. The van der Waals surface area contributed by atoms with Gasteiger partial charge < -0.3 is 15.7 Å². The lowest BCUT2D eigenvalue weighted by molar-refractivity contribution is -0.150. The van der Waals surface area contributed by atoms with Crippen LogP contribution in [0.5, 0.6) is 0 Å². The molecule has 5 heteroatoms. The molecule has 13 heavy (non-hydrogen) atoms. The molecule has 1 unspecified atom stereocenters. The Morgan fingerprint density at radius 3 is 2.77 bits per heavy atom.